The van der Waals surface area contributed by atoms with Crippen LogP contribution in [0.2, 0.25) is 5.02 Å². The average molecular weight is 296 g/mol. The first-order chi connectivity index (χ1) is 9.49. The lowest BCUT2D eigenvalue weighted by atomic mass is 9.80. The SMILES string of the molecule is CC(=O)N1CCC(C(C)C(O)c2ccc(Cl)cc2)CC1. The summed E-state index contributed by atoms with van der Waals surface area (Å²) in [5.74, 6) is 0.788. The lowest BCUT2D eigenvalue weighted by Gasteiger charge is -2.36. The molecular weight excluding hydrogens is 274 g/mol. The topological polar surface area (TPSA) is 40.5 Å². The van der Waals surface area contributed by atoms with Crippen molar-refractivity contribution >= 4 is 17.5 Å². The van der Waals surface area contributed by atoms with Gasteiger partial charge in [-0.2, -0.15) is 0 Å². The van der Waals surface area contributed by atoms with Crippen LogP contribution >= 0.6 is 11.6 Å². The number of hydrogen-bond acceptors (Lipinski definition) is 2. The predicted molar refractivity (Wildman–Crippen MR) is 80.6 cm³/mol. The summed E-state index contributed by atoms with van der Waals surface area (Å²) in [6.07, 6.45) is 1.46. The van der Waals surface area contributed by atoms with Crippen LogP contribution in [0.4, 0.5) is 0 Å². The number of likely N-dealkylation sites (tertiary alicyclic amines) is 1. The van der Waals surface area contributed by atoms with Crippen molar-refractivity contribution in [1.82, 2.24) is 4.90 Å². The van der Waals surface area contributed by atoms with E-state index in [9.17, 15) is 9.90 Å². The van der Waals surface area contributed by atoms with E-state index in [-0.39, 0.29) is 11.8 Å². The van der Waals surface area contributed by atoms with Crippen molar-refractivity contribution < 1.29 is 9.90 Å². The lowest BCUT2D eigenvalue weighted by molar-refractivity contribution is -0.130. The third-order valence-corrected chi connectivity index (χ3v) is 4.69. The molecule has 1 aliphatic rings. The second-order valence-corrected chi connectivity index (χ2v) is 6.14. The number of piperidine rings is 1. The highest BCUT2D eigenvalue weighted by atomic mass is 35.5. The first-order valence-electron chi connectivity index (χ1n) is 7.18. The summed E-state index contributed by atoms with van der Waals surface area (Å²) in [6, 6.07) is 7.39. The molecule has 2 atom stereocenters. The van der Waals surface area contributed by atoms with Gasteiger partial charge in [-0.15, -0.1) is 0 Å². The van der Waals surface area contributed by atoms with Crippen molar-refractivity contribution in [3.05, 3.63) is 34.9 Å². The maximum atomic E-state index is 11.3. The molecule has 20 heavy (non-hydrogen) atoms. The number of carbonyl (C=O) groups excluding carboxylic acids is 1. The lowest BCUT2D eigenvalue weighted by Crippen LogP contribution is -2.39. The Morgan fingerprint density at radius 2 is 1.85 bits per heavy atom. The van der Waals surface area contributed by atoms with E-state index >= 15 is 0 Å². The van der Waals surface area contributed by atoms with E-state index in [0.29, 0.717) is 10.9 Å². The van der Waals surface area contributed by atoms with Gasteiger partial charge in [0.2, 0.25) is 5.91 Å². The van der Waals surface area contributed by atoms with Gasteiger partial charge in [-0.25, -0.2) is 0 Å². The molecule has 3 nitrogen and oxygen atoms in total. The summed E-state index contributed by atoms with van der Waals surface area (Å²) in [6.45, 7) is 5.31. The largest absolute Gasteiger partial charge is 0.388 e. The van der Waals surface area contributed by atoms with Crippen LogP contribution in [0.3, 0.4) is 0 Å². The molecule has 2 unspecified atom stereocenters. The molecule has 4 heteroatoms. The van der Waals surface area contributed by atoms with Crippen molar-refractivity contribution in [3.8, 4) is 0 Å². The van der Waals surface area contributed by atoms with Gasteiger partial charge in [-0.1, -0.05) is 30.7 Å². The number of halogens is 1. The molecule has 0 bridgehead atoms. The number of aliphatic hydroxyl groups excluding tert-OH is 1. The standard InChI is InChI=1S/C16H22ClNO2/c1-11(13-7-9-18(10-8-13)12(2)19)16(20)14-3-5-15(17)6-4-14/h3-6,11,13,16,20H,7-10H2,1-2H3. The van der Waals surface area contributed by atoms with Gasteiger partial charge < -0.3 is 10.0 Å². The van der Waals surface area contributed by atoms with Gasteiger partial charge in [0.1, 0.15) is 0 Å². The Labute approximate surface area is 125 Å². The molecule has 1 N–H and O–H groups in total. The van der Waals surface area contributed by atoms with Crippen LogP contribution in [0.25, 0.3) is 0 Å². The second kappa shape index (κ2) is 6.59. The van der Waals surface area contributed by atoms with Crippen LogP contribution in [-0.2, 0) is 4.79 Å². The fourth-order valence-corrected chi connectivity index (χ4v) is 3.09. The molecule has 1 aromatic carbocycles. The maximum Gasteiger partial charge on any atom is 0.219 e. The van der Waals surface area contributed by atoms with Crippen molar-refractivity contribution in [3.63, 3.8) is 0 Å². The van der Waals surface area contributed by atoms with Crippen LogP contribution in [-0.4, -0.2) is 29.0 Å². The highest BCUT2D eigenvalue weighted by molar-refractivity contribution is 6.30. The van der Waals surface area contributed by atoms with Gasteiger partial charge in [0.15, 0.2) is 0 Å². The predicted octanol–water partition coefficient (Wildman–Crippen LogP) is 3.27. The first-order valence-corrected chi connectivity index (χ1v) is 7.56. The molecular formula is C16H22ClNO2. The molecule has 1 saturated heterocycles. The molecule has 1 aliphatic heterocycles. The molecule has 0 aliphatic carbocycles. The molecule has 0 aromatic heterocycles. The van der Waals surface area contributed by atoms with Crippen LogP contribution in [0, 0.1) is 11.8 Å². The summed E-state index contributed by atoms with van der Waals surface area (Å²) in [4.78, 5) is 13.2. The average Bonchev–Trinajstić information content (AvgIpc) is 2.46. The highest BCUT2D eigenvalue weighted by Crippen LogP contribution is 2.34. The van der Waals surface area contributed by atoms with Crippen LogP contribution in [0.1, 0.15) is 38.4 Å². The Balaban J connectivity index is 1.96. The Morgan fingerprint density at radius 1 is 1.30 bits per heavy atom. The van der Waals surface area contributed by atoms with Crippen LogP contribution in [0.15, 0.2) is 24.3 Å². The number of amides is 1. The molecule has 0 spiro atoms. The monoisotopic (exact) mass is 295 g/mol. The van der Waals surface area contributed by atoms with Gasteiger partial charge in [-0.3, -0.25) is 4.79 Å². The van der Waals surface area contributed by atoms with E-state index in [1.165, 1.54) is 0 Å². The molecule has 0 radical (unpaired) electrons. The third-order valence-electron chi connectivity index (χ3n) is 4.44. The summed E-state index contributed by atoms with van der Waals surface area (Å²) in [5.41, 5.74) is 0.913. The zero-order valence-corrected chi connectivity index (χ0v) is 12.8. The highest BCUT2D eigenvalue weighted by Gasteiger charge is 2.29. The van der Waals surface area contributed by atoms with E-state index in [0.717, 1.165) is 31.5 Å². The van der Waals surface area contributed by atoms with E-state index < -0.39 is 6.10 Å². The van der Waals surface area contributed by atoms with E-state index in [2.05, 4.69) is 6.92 Å². The van der Waals surface area contributed by atoms with E-state index in [1.807, 2.05) is 29.2 Å². The Kier molecular flexibility index (Phi) is 5.06. The van der Waals surface area contributed by atoms with Crippen molar-refractivity contribution in [2.45, 2.75) is 32.8 Å². The smallest absolute Gasteiger partial charge is 0.219 e. The number of aliphatic hydroxyl groups is 1. The van der Waals surface area contributed by atoms with Crippen molar-refractivity contribution in [1.29, 1.82) is 0 Å². The Bertz CT molecular complexity index is 452. The molecule has 2 rings (SSSR count). The number of hydrogen-bond donors (Lipinski definition) is 1. The minimum Gasteiger partial charge on any atom is -0.388 e. The summed E-state index contributed by atoms with van der Waals surface area (Å²) < 4.78 is 0. The molecule has 0 saturated carbocycles. The second-order valence-electron chi connectivity index (χ2n) is 5.70. The summed E-state index contributed by atoms with van der Waals surface area (Å²) >= 11 is 5.87. The number of nitrogens with zero attached hydrogens (tertiary/aromatic N) is 1. The van der Waals surface area contributed by atoms with Crippen LogP contribution < -0.4 is 0 Å². The zero-order chi connectivity index (χ0) is 14.7. The number of benzene rings is 1. The Hall–Kier alpha value is -1.06. The quantitative estimate of drug-likeness (QED) is 0.930. The number of rotatable bonds is 3. The summed E-state index contributed by atoms with van der Waals surface area (Å²) in [5, 5.41) is 11.2. The Morgan fingerprint density at radius 3 is 2.35 bits per heavy atom. The van der Waals surface area contributed by atoms with Gasteiger partial charge in [0.25, 0.3) is 0 Å². The molecule has 1 aromatic rings. The van der Waals surface area contributed by atoms with Gasteiger partial charge >= 0.3 is 0 Å². The maximum absolute atomic E-state index is 11.3. The van der Waals surface area contributed by atoms with Crippen molar-refractivity contribution in [2.24, 2.45) is 11.8 Å². The van der Waals surface area contributed by atoms with Gasteiger partial charge in [0, 0.05) is 25.0 Å². The van der Waals surface area contributed by atoms with E-state index in [1.54, 1.807) is 6.92 Å². The van der Waals surface area contributed by atoms with E-state index in [4.69, 9.17) is 11.6 Å². The molecule has 1 amide bonds. The van der Waals surface area contributed by atoms with Crippen molar-refractivity contribution in [2.75, 3.05) is 13.1 Å². The number of carbonyl (C=O) groups is 1. The molecule has 1 heterocycles. The summed E-state index contributed by atoms with van der Waals surface area (Å²) in [7, 11) is 0. The molecule has 110 valence electrons. The minimum atomic E-state index is -0.471. The fraction of sp³-hybridized carbons (Fsp3) is 0.562. The van der Waals surface area contributed by atoms with Gasteiger partial charge in [-0.05, 0) is 42.4 Å². The normalized spacial score (nSPS) is 19.7. The first kappa shape index (κ1) is 15.3. The minimum absolute atomic E-state index is 0.148. The fourth-order valence-electron chi connectivity index (χ4n) is 2.96. The van der Waals surface area contributed by atoms with Crippen LogP contribution in [0.5, 0.6) is 0 Å². The van der Waals surface area contributed by atoms with Gasteiger partial charge in [0.05, 0.1) is 6.10 Å². The molecule has 1 fully saturated rings. The zero-order valence-electron chi connectivity index (χ0n) is 12.1. The third kappa shape index (κ3) is 3.53.